The van der Waals surface area contributed by atoms with Gasteiger partial charge in [0.25, 0.3) is 0 Å². The summed E-state index contributed by atoms with van der Waals surface area (Å²) in [5, 5.41) is 0. The molecule has 0 radical (unpaired) electrons. The van der Waals surface area contributed by atoms with E-state index in [2.05, 4.69) is 20.7 Å². The highest BCUT2D eigenvalue weighted by Crippen LogP contribution is 2.31. The molecule has 1 rings (SSSR count). The minimum absolute atomic E-state index is 0.451. The van der Waals surface area contributed by atoms with Gasteiger partial charge in [-0.2, -0.15) is 8.78 Å². The summed E-state index contributed by atoms with van der Waals surface area (Å²) in [4.78, 5) is 0. The molecule has 1 aromatic carbocycles. The number of benzene rings is 1. The SMILES string of the molecule is Fc1ccc(F)c(OC(F)F)c1Br. The molecule has 0 aromatic heterocycles. The first-order chi connectivity index (χ1) is 6.02. The topological polar surface area (TPSA) is 9.23 Å². The van der Waals surface area contributed by atoms with Crippen molar-refractivity contribution in [3.63, 3.8) is 0 Å². The quantitative estimate of drug-likeness (QED) is 0.584. The molecule has 0 fully saturated rings. The summed E-state index contributed by atoms with van der Waals surface area (Å²) in [7, 11) is 0. The van der Waals surface area contributed by atoms with Gasteiger partial charge in [0.2, 0.25) is 0 Å². The van der Waals surface area contributed by atoms with Gasteiger partial charge in [-0.05, 0) is 28.1 Å². The monoisotopic (exact) mass is 258 g/mol. The number of rotatable bonds is 2. The van der Waals surface area contributed by atoms with Crippen LogP contribution in [0.4, 0.5) is 17.6 Å². The van der Waals surface area contributed by atoms with Gasteiger partial charge in [-0.25, -0.2) is 8.78 Å². The van der Waals surface area contributed by atoms with Gasteiger partial charge in [0.1, 0.15) is 5.82 Å². The molecule has 0 aliphatic rings. The number of ether oxygens (including phenoxy) is 1. The van der Waals surface area contributed by atoms with Crippen molar-refractivity contribution in [3.8, 4) is 5.75 Å². The van der Waals surface area contributed by atoms with Crippen LogP contribution in [-0.4, -0.2) is 6.61 Å². The van der Waals surface area contributed by atoms with Gasteiger partial charge in [-0.15, -0.1) is 0 Å². The smallest absolute Gasteiger partial charge is 0.387 e. The van der Waals surface area contributed by atoms with E-state index in [4.69, 9.17) is 0 Å². The van der Waals surface area contributed by atoms with Gasteiger partial charge in [0, 0.05) is 0 Å². The van der Waals surface area contributed by atoms with Crippen LogP contribution in [-0.2, 0) is 0 Å². The third-order valence-corrected chi connectivity index (χ3v) is 1.95. The normalized spacial score (nSPS) is 10.6. The molecule has 0 bridgehead atoms. The van der Waals surface area contributed by atoms with Crippen molar-refractivity contribution in [1.29, 1.82) is 0 Å². The van der Waals surface area contributed by atoms with Crippen LogP contribution in [0.2, 0.25) is 0 Å². The Morgan fingerprint density at radius 1 is 1.15 bits per heavy atom. The van der Waals surface area contributed by atoms with Gasteiger partial charge in [0.15, 0.2) is 11.6 Å². The highest BCUT2D eigenvalue weighted by Gasteiger charge is 2.16. The third-order valence-electron chi connectivity index (χ3n) is 1.21. The molecule has 6 heteroatoms. The van der Waals surface area contributed by atoms with E-state index in [1.807, 2.05) is 0 Å². The predicted molar refractivity (Wildman–Crippen MR) is 40.7 cm³/mol. The molecule has 0 saturated carbocycles. The molecule has 0 aliphatic carbocycles. The Hall–Kier alpha value is -0.780. The van der Waals surface area contributed by atoms with E-state index in [1.165, 1.54) is 0 Å². The molecule has 1 aromatic rings. The maximum Gasteiger partial charge on any atom is 0.387 e. The van der Waals surface area contributed by atoms with Gasteiger partial charge < -0.3 is 4.74 Å². The number of halogens is 5. The summed E-state index contributed by atoms with van der Waals surface area (Å²) in [6, 6.07) is 1.51. The Balaban J connectivity index is 3.10. The van der Waals surface area contributed by atoms with Crippen LogP contribution in [0.5, 0.6) is 5.75 Å². The Morgan fingerprint density at radius 3 is 2.23 bits per heavy atom. The van der Waals surface area contributed by atoms with Crippen molar-refractivity contribution in [1.82, 2.24) is 0 Å². The van der Waals surface area contributed by atoms with Crippen molar-refractivity contribution >= 4 is 15.9 Å². The van der Waals surface area contributed by atoms with Crippen LogP contribution in [0.3, 0.4) is 0 Å². The predicted octanol–water partition coefficient (Wildman–Crippen LogP) is 3.33. The largest absolute Gasteiger partial charge is 0.430 e. The molecule has 0 N–H and O–H groups in total. The van der Waals surface area contributed by atoms with Crippen molar-refractivity contribution < 1.29 is 22.3 Å². The van der Waals surface area contributed by atoms with E-state index in [0.717, 1.165) is 6.07 Å². The second-order valence-electron chi connectivity index (χ2n) is 2.05. The van der Waals surface area contributed by atoms with E-state index < -0.39 is 28.5 Å². The van der Waals surface area contributed by atoms with Gasteiger partial charge in [-0.1, -0.05) is 0 Å². The molecule has 0 unspecified atom stereocenters. The zero-order valence-corrected chi connectivity index (χ0v) is 7.62. The van der Waals surface area contributed by atoms with Crippen LogP contribution < -0.4 is 4.74 Å². The van der Waals surface area contributed by atoms with Crippen LogP contribution in [0, 0.1) is 11.6 Å². The molecule has 72 valence electrons. The highest BCUT2D eigenvalue weighted by atomic mass is 79.9. The fourth-order valence-electron chi connectivity index (χ4n) is 0.706. The average molecular weight is 259 g/mol. The molecule has 0 heterocycles. The lowest BCUT2D eigenvalue weighted by Gasteiger charge is -2.07. The molecule has 0 atom stereocenters. The van der Waals surface area contributed by atoms with E-state index in [0.29, 0.717) is 6.07 Å². The van der Waals surface area contributed by atoms with Gasteiger partial charge >= 0.3 is 6.61 Å². The molecule has 0 amide bonds. The van der Waals surface area contributed by atoms with E-state index >= 15 is 0 Å². The molecular formula is C7H3BrF4O. The van der Waals surface area contributed by atoms with Crippen LogP contribution in [0.1, 0.15) is 0 Å². The Morgan fingerprint density at radius 2 is 1.69 bits per heavy atom. The first kappa shape index (κ1) is 10.3. The summed E-state index contributed by atoms with van der Waals surface area (Å²) in [5.41, 5.74) is 0. The van der Waals surface area contributed by atoms with Crippen LogP contribution in [0.25, 0.3) is 0 Å². The zero-order valence-electron chi connectivity index (χ0n) is 6.03. The summed E-state index contributed by atoms with van der Waals surface area (Å²) in [6.45, 7) is -3.19. The highest BCUT2D eigenvalue weighted by molar-refractivity contribution is 9.10. The first-order valence-corrected chi connectivity index (χ1v) is 3.90. The minimum atomic E-state index is -3.19. The molecule has 0 spiro atoms. The molecule has 0 saturated heterocycles. The van der Waals surface area contributed by atoms with Crippen molar-refractivity contribution in [3.05, 3.63) is 28.2 Å². The summed E-state index contributed by atoms with van der Waals surface area (Å²) < 4.78 is 52.1. The van der Waals surface area contributed by atoms with E-state index in [-0.39, 0.29) is 0 Å². The number of hydrogen-bond donors (Lipinski definition) is 0. The van der Waals surface area contributed by atoms with Crippen LogP contribution in [0.15, 0.2) is 16.6 Å². The van der Waals surface area contributed by atoms with Crippen molar-refractivity contribution in [2.75, 3.05) is 0 Å². The lowest BCUT2D eigenvalue weighted by Crippen LogP contribution is -2.05. The second-order valence-corrected chi connectivity index (χ2v) is 2.84. The molecular weight excluding hydrogens is 256 g/mol. The third kappa shape index (κ3) is 2.33. The standard InChI is InChI=1S/C7H3BrF4O/c8-5-3(9)1-2-4(10)6(5)13-7(11)12/h1-2,7H. The van der Waals surface area contributed by atoms with Gasteiger partial charge in [-0.3, -0.25) is 0 Å². The maximum atomic E-state index is 12.7. The van der Waals surface area contributed by atoms with E-state index in [9.17, 15) is 17.6 Å². The van der Waals surface area contributed by atoms with Crippen molar-refractivity contribution in [2.45, 2.75) is 6.61 Å². The second kappa shape index (κ2) is 3.95. The van der Waals surface area contributed by atoms with Gasteiger partial charge in [0.05, 0.1) is 4.47 Å². The lowest BCUT2D eigenvalue weighted by molar-refractivity contribution is -0.0529. The maximum absolute atomic E-state index is 12.7. The Bertz CT molecular complexity index is 316. The summed E-state index contributed by atoms with van der Waals surface area (Å²) >= 11 is 2.59. The molecule has 13 heavy (non-hydrogen) atoms. The average Bonchev–Trinajstić information content (AvgIpc) is 2.05. The minimum Gasteiger partial charge on any atom is -0.430 e. The number of alkyl halides is 2. The first-order valence-electron chi connectivity index (χ1n) is 3.10. The van der Waals surface area contributed by atoms with E-state index in [1.54, 1.807) is 0 Å². The van der Waals surface area contributed by atoms with Crippen LogP contribution >= 0.6 is 15.9 Å². The fourth-order valence-corrected chi connectivity index (χ4v) is 1.12. The molecule has 1 nitrogen and oxygen atoms in total. The number of hydrogen-bond acceptors (Lipinski definition) is 1. The Labute approximate surface area is 79.4 Å². The molecule has 0 aliphatic heterocycles. The summed E-state index contributed by atoms with van der Waals surface area (Å²) in [6.07, 6.45) is 0. The zero-order chi connectivity index (χ0) is 10.0. The fraction of sp³-hybridized carbons (Fsp3) is 0.143. The van der Waals surface area contributed by atoms with Crippen molar-refractivity contribution in [2.24, 2.45) is 0 Å². The Kier molecular flexibility index (Phi) is 3.13. The lowest BCUT2D eigenvalue weighted by atomic mass is 10.3. The summed E-state index contributed by atoms with van der Waals surface area (Å²) in [5.74, 6) is -2.74.